The molecule has 7 heteroatoms. The van der Waals surface area contributed by atoms with E-state index in [4.69, 9.17) is 11.6 Å². The van der Waals surface area contributed by atoms with Crippen molar-refractivity contribution in [2.24, 2.45) is 0 Å². The summed E-state index contributed by atoms with van der Waals surface area (Å²) in [5.41, 5.74) is 0. The van der Waals surface area contributed by atoms with E-state index in [2.05, 4.69) is 5.32 Å². The summed E-state index contributed by atoms with van der Waals surface area (Å²) in [6.45, 7) is 0.858. The molecule has 2 aliphatic rings. The number of sulfonamides is 1. The molecule has 5 radical (unpaired) electrons. The molecule has 1 unspecified atom stereocenters. The number of carbonyl (C=O) groups excluding carboxylic acids is 1. The second kappa shape index (κ2) is 11.9. The van der Waals surface area contributed by atoms with Gasteiger partial charge in [-0.25, -0.2) is 8.42 Å². The Bertz CT molecular complexity index is 729. The Hall–Kier alpha value is -1.11. The molecule has 1 aliphatic heterocycles. The maximum absolute atomic E-state index is 13.0. The first-order valence-corrected chi connectivity index (χ1v) is 11.7. The molecule has 1 heterocycles. The van der Waals surface area contributed by atoms with Crippen LogP contribution >= 0.6 is 11.6 Å². The highest BCUT2D eigenvalue weighted by Gasteiger charge is 2.35. The third kappa shape index (κ3) is 6.69. The number of carbonyl (C=O) groups is 1. The van der Waals surface area contributed by atoms with Crippen molar-refractivity contribution in [2.45, 2.75) is 68.7 Å². The van der Waals surface area contributed by atoms with E-state index in [0.29, 0.717) is 18.1 Å². The summed E-state index contributed by atoms with van der Waals surface area (Å²) in [4.78, 5) is 12.8. The van der Waals surface area contributed by atoms with Gasteiger partial charge < -0.3 is 5.32 Å². The van der Waals surface area contributed by atoms with Gasteiger partial charge in [-0.15, -0.1) is 0 Å². The van der Waals surface area contributed by atoms with Gasteiger partial charge in [-0.1, -0.05) is 58.6 Å². The zero-order valence-corrected chi connectivity index (χ0v) is 18.6. The molecule has 1 aliphatic carbocycles. The second-order valence-electron chi connectivity index (χ2n) is 7.45. The number of hydrogen-bond donors (Lipinski definition) is 1. The van der Waals surface area contributed by atoms with E-state index in [1.165, 1.54) is 35.7 Å². The van der Waals surface area contributed by atoms with Crippen molar-refractivity contribution in [3.63, 3.8) is 0 Å². The van der Waals surface area contributed by atoms with Crippen LogP contribution in [0, 0.1) is 20.8 Å². The predicted octanol–water partition coefficient (Wildman–Crippen LogP) is 4.58. The van der Waals surface area contributed by atoms with Gasteiger partial charge in [0.25, 0.3) is 0 Å². The quantitative estimate of drug-likeness (QED) is 0.729. The zero-order chi connectivity index (χ0) is 19.3. The Labute approximate surface area is 182 Å². The Morgan fingerprint density at radius 2 is 1.59 bits per heavy atom. The van der Waals surface area contributed by atoms with E-state index in [1.54, 1.807) is 12.1 Å². The van der Waals surface area contributed by atoms with Crippen molar-refractivity contribution >= 4 is 27.5 Å². The first kappa shape index (κ1) is 25.9. The fourth-order valence-corrected chi connectivity index (χ4v) is 5.78. The van der Waals surface area contributed by atoms with Crippen molar-refractivity contribution < 1.29 is 13.2 Å². The second-order valence-corrected chi connectivity index (χ2v) is 9.77. The minimum absolute atomic E-state index is 0. The average molecular weight is 440 g/mol. The van der Waals surface area contributed by atoms with Crippen LogP contribution in [0.1, 0.15) is 57.8 Å². The minimum atomic E-state index is -3.57. The number of benzene rings is 1. The molecule has 1 saturated heterocycles. The number of nitrogens with one attached hydrogen (secondary N) is 1. The number of hydrogen-bond acceptors (Lipinski definition) is 3. The Morgan fingerprint density at radius 3 is 2.21 bits per heavy atom. The Kier molecular flexibility index (Phi) is 10.7. The van der Waals surface area contributed by atoms with Gasteiger partial charge in [-0.2, -0.15) is 4.31 Å². The molecular weight excluding hydrogens is 408 g/mol. The molecule has 0 bridgehead atoms. The highest BCUT2D eigenvalue weighted by Crippen LogP contribution is 2.27. The molecule has 1 atom stereocenters. The first-order valence-electron chi connectivity index (χ1n) is 9.89. The molecule has 1 N–H and O–H groups in total. The van der Waals surface area contributed by atoms with E-state index in [-0.39, 0.29) is 31.7 Å². The molecule has 1 saturated carbocycles. The lowest BCUT2D eigenvalue weighted by atomic mass is 9.90. The van der Waals surface area contributed by atoms with Crippen molar-refractivity contribution in [3.8, 4) is 0 Å². The van der Waals surface area contributed by atoms with E-state index in [9.17, 15) is 13.2 Å². The van der Waals surface area contributed by atoms with Crippen LogP contribution in [0.4, 0.5) is 0 Å². The summed E-state index contributed by atoms with van der Waals surface area (Å²) < 4.78 is 27.4. The number of nitrogens with zero attached hydrogens (tertiary/aromatic N) is 1. The van der Waals surface area contributed by atoms with Crippen molar-refractivity contribution in [1.82, 2.24) is 9.62 Å². The number of amides is 1. The lowest BCUT2D eigenvalue weighted by molar-refractivity contribution is -0.120. The van der Waals surface area contributed by atoms with Crippen LogP contribution < -0.4 is 5.32 Å². The fraction of sp³-hybridized carbons (Fsp3) is 0.545. The van der Waals surface area contributed by atoms with Gasteiger partial charge in [0, 0.05) is 24.2 Å². The summed E-state index contributed by atoms with van der Waals surface area (Å²) in [5.74, 6) is 0.979. The molecule has 1 aromatic rings. The van der Waals surface area contributed by atoms with Gasteiger partial charge in [0.05, 0.1) is 10.8 Å². The van der Waals surface area contributed by atoms with Crippen LogP contribution in [-0.4, -0.2) is 37.8 Å². The summed E-state index contributed by atoms with van der Waals surface area (Å²) in [5, 5.41) is 3.51. The number of halogens is 1. The van der Waals surface area contributed by atoms with Crippen molar-refractivity contribution in [3.05, 3.63) is 50.1 Å². The van der Waals surface area contributed by atoms with Crippen LogP contribution in [0.25, 0.3) is 0 Å². The van der Waals surface area contributed by atoms with E-state index in [0.717, 1.165) is 44.4 Å². The van der Waals surface area contributed by atoms with Gasteiger partial charge in [-0.3, -0.25) is 4.79 Å². The maximum Gasteiger partial charge on any atom is 0.243 e. The summed E-state index contributed by atoms with van der Waals surface area (Å²) in [7, 11) is -3.57. The van der Waals surface area contributed by atoms with Gasteiger partial charge in [0.1, 0.15) is 0 Å². The standard InChI is InChI=1S/C20H28ClN2O3S.2CH2/c21-17-10-12-19(13-11-17)27(25,26)23-14-6-9-18(23)15-22-20(24)16-7-4-2-1-3-5-8-16;;/h10-13,18H,1-9,14-15H2,(H,22,24);2*1H2. The van der Waals surface area contributed by atoms with Crippen LogP contribution in [0.3, 0.4) is 0 Å². The minimum Gasteiger partial charge on any atom is -0.354 e. The molecule has 3 rings (SSSR count). The molecule has 1 aromatic carbocycles. The first-order chi connectivity index (χ1) is 13.0. The largest absolute Gasteiger partial charge is 0.354 e. The molecular formula is C22H32ClN2O3S. The molecule has 1 amide bonds. The summed E-state index contributed by atoms with van der Waals surface area (Å²) >= 11 is 5.87. The normalized spacial score (nSPS) is 21.3. The third-order valence-corrected chi connectivity index (χ3v) is 7.74. The summed E-state index contributed by atoms with van der Waals surface area (Å²) in [6, 6.07) is 6.06. The molecule has 0 spiro atoms. The smallest absolute Gasteiger partial charge is 0.243 e. The van der Waals surface area contributed by atoms with E-state index in [1.807, 2.05) is 0 Å². The van der Waals surface area contributed by atoms with Gasteiger partial charge in [0.2, 0.25) is 15.9 Å². The van der Waals surface area contributed by atoms with Crippen molar-refractivity contribution in [2.75, 3.05) is 13.1 Å². The van der Waals surface area contributed by atoms with Gasteiger partial charge in [0.15, 0.2) is 0 Å². The van der Waals surface area contributed by atoms with E-state index >= 15 is 0 Å². The zero-order valence-electron chi connectivity index (χ0n) is 17.0. The average Bonchev–Trinajstić information content (AvgIpc) is 3.09. The molecule has 161 valence electrons. The van der Waals surface area contributed by atoms with Crippen LogP contribution in [0.5, 0.6) is 0 Å². The van der Waals surface area contributed by atoms with Crippen molar-refractivity contribution in [1.29, 1.82) is 0 Å². The van der Waals surface area contributed by atoms with Crippen LogP contribution in [0.15, 0.2) is 29.2 Å². The highest BCUT2D eigenvalue weighted by atomic mass is 35.5. The maximum atomic E-state index is 13.0. The SMILES string of the molecule is O=C(NCC1CCCN1S(=O)(=O)c1ccc(Cl)cc1)[C]1CCCCCCC1.[CH2].[CH2]. The molecule has 29 heavy (non-hydrogen) atoms. The Morgan fingerprint density at radius 1 is 1.00 bits per heavy atom. The fourth-order valence-electron chi connectivity index (χ4n) is 3.97. The molecule has 0 aromatic heterocycles. The number of rotatable bonds is 5. The molecule has 5 nitrogen and oxygen atoms in total. The van der Waals surface area contributed by atoms with Gasteiger partial charge >= 0.3 is 0 Å². The van der Waals surface area contributed by atoms with Crippen LogP contribution in [-0.2, 0) is 14.8 Å². The topological polar surface area (TPSA) is 66.5 Å². The third-order valence-electron chi connectivity index (χ3n) is 5.52. The van der Waals surface area contributed by atoms with E-state index < -0.39 is 10.0 Å². The highest BCUT2D eigenvalue weighted by molar-refractivity contribution is 7.89. The monoisotopic (exact) mass is 439 g/mol. The molecule has 2 fully saturated rings. The van der Waals surface area contributed by atoms with Gasteiger partial charge in [-0.05, 0) is 49.9 Å². The lowest BCUT2D eigenvalue weighted by Gasteiger charge is -2.25. The Balaban J connectivity index is 0.00000210. The van der Waals surface area contributed by atoms with Crippen LogP contribution in [0.2, 0.25) is 5.02 Å². The lowest BCUT2D eigenvalue weighted by Crippen LogP contribution is -2.44. The summed E-state index contributed by atoms with van der Waals surface area (Å²) in [6.07, 6.45) is 9.08. The predicted molar refractivity (Wildman–Crippen MR) is 118 cm³/mol.